The highest BCUT2D eigenvalue weighted by molar-refractivity contribution is 7.99. The molecule has 88 valence electrons. The number of aliphatic hydroxyl groups excluding tert-OH is 1. The Morgan fingerprint density at radius 3 is 2.73 bits per heavy atom. The van der Waals surface area contributed by atoms with Crippen LogP contribution in [0.4, 0.5) is 0 Å². The Morgan fingerprint density at radius 1 is 1.60 bits per heavy atom. The van der Waals surface area contributed by atoms with Crippen molar-refractivity contribution in [3.63, 3.8) is 0 Å². The van der Waals surface area contributed by atoms with Gasteiger partial charge >= 0.3 is 0 Å². The van der Waals surface area contributed by atoms with Crippen molar-refractivity contribution < 1.29 is 5.11 Å². The monoisotopic (exact) mass is 230 g/mol. The third kappa shape index (κ3) is 6.77. The molecular formula is C11H22N2OS. The van der Waals surface area contributed by atoms with E-state index >= 15 is 0 Å². The van der Waals surface area contributed by atoms with Gasteiger partial charge in [0.1, 0.15) is 5.54 Å². The van der Waals surface area contributed by atoms with E-state index in [2.05, 4.69) is 18.3 Å². The van der Waals surface area contributed by atoms with Crippen molar-refractivity contribution in [3.8, 4) is 6.07 Å². The van der Waals surface area contributed by atoms with Gasteiger partial charge in [-0.15, -0.1) is 0 Å². The second kappa shape index (κ2) is 7.98. The van der Waals surface area contributed by atoms with Crippen molar-refractivity contribution in [2.75, 3.05) is 18.9 Å². The van der Waals surface area contributed by atoms with Crippen LogP contribution in [0.3, 0.4) is 0 Å². The Balaban J connectivity index is 3.91. The van der Waals surface area contributed by atoms with Crippen LogP contribution in [0.15, 0.2) is 0 Å². The number of hydrogen-bond acceptors (Lipinski definition) is 4. The van der Waals surface area contributed by atoms with E-state index in [1.165, 1.54) is 0 Å². The molecule has 15 heavy (non-hydrogen) atoms. The van der Waals surface area contributed by atoms with Gasteiger partial charge in [-0.05, 0) is 32.1 Å². The van der Waals surface area contributed by atoms with Crippen LogP contribution >= 0.6 is 11.8 Å². The van der Waals surface area contributed by atoms with Gasteiger partial charge in [0.2, 0.25) is 0 Å². The summed E-state index contributed by atoms with van der Waals surface area (Å²) in [6, 6.07) is 2.33. The van der Waals surface area contributed by atoms with Crippen LogP contribution < -0.4 is 5.32 Å². The summed E-state index contributed by atoms with van der Waals surface area (Å²) in [4.78, 5) is 0. The molecule has 0 radical (unpaired) electrons. The number of hydrogen-bond donors (Lipinski definition) is 2. The number of rotatable bonds is 8. The van der Waals surface area contributed by atoms with Crippen molar-refractivity contribution in [1.82, 2.24) is 5.32 Å². The second-order valence-corrected chi connectivity index (χ2v) is 5.48. The van der Waals surface area contributed by atoms with E-state index in [4.69, 9.17) is 10.4 Å². The van der Waals surface area contributed by atoms with Gasteiger partial charge in [-0.2, -0.15) is 17.0 Å². The zero-order chi connectivity index (χ0) is 11.7. The Morgan fingerprint density at radius 2 is 2.27 bits per heavy atom. The maximum atomic E-state index is 9.08. The molecule has 4 heteroatoms. The van der Waals surface area contributed by atoms with Gasteiger partial charge in [0.15, 0.2) is 0 Å². The van der Waals surface area contributed by atoms with Crippen LogP contribution in [0.1, 0.15) is 33.6 Å². The van der Waals surface area contributed by atoms with Gasteiger partial charge in [-0.25, -0.2) is 0 Å². The Kier molecular flexibility index (Phi) is 7.85. The number of thioether (sulfide) groups is 1. The highest BCUT2D eigenvalue weighted by Crippen LogP contribution is 2.21. The first-order chi connectivity index (χ1) is 7.08. The van der Waals surface area contributed by atoms with E-state index in [1.807, 2.05) is 25.6 Å². The molecule has 2 unspecified atom stereocenters. The molecular weight excluding hydrogens is 208 g/mol. The fourth-order valence-corrected chi connectivity index (χ4v) is 2.68. The zero-order valence-electron chi connectivity index (χ0n) is 9.92. The molecule has 0 saturated carbocycles. The summed E-state index contributed by atoms with van der Waals surface area (Å²) in [6.07, 6.45) is 1.67. The van der Waals surface area contributed by atoms with Crippen molar-refractivity contribution >= 4 is 11.8 Å². The van der Waals surface area contributed by atoms with Gasteiger partial charge < -0.3 is 5.11 Å². The molecule has 2 N–H and O–H groups in total. The van der Waals surface area contributed by atoms with Gasteiger partial charge in [-0.1, -0.05) is 13.8 Å². The number of nitrogens with one attached hydrogen (secondary N) is 1. The number of nitrogens with zero attached hydrogens (tertiary/aromatic N) is 1. The fourth-order valence-electron chi connectivity index (χ4n) is 1.53. The van der Waals surface area contributed by atoms with E-state index in [0.717, 1.165) is 25.1 Å². The highest BCUT2D eigenvalue weighted by Gasteiger charge is 2.24. The molecule has 0 saturated heterocycles. The summed E-state index contributed by atoms with van der Waals surface area (Å²) in [6.45, 7) is 7.16. The summed E-state index contributed by atoms with van der Waals surface area (Å²) in [5, 5.41) is 21.4. The van der Waals surface area contributed by atoms with E-state index in [9.17, 15) is 0 Å². The first-order valence-electron chi connectivity index (χ1n) is 5.46. The van der Waals surface area contributed by atoms with Crippen LogP contribution in [-0.4, -0.2) is 34.8 Å². The Bertz CT molecular complexity index is 205. The van der Waals surface area contributed by atoms with Crippen molar-refractivity contribution in [3.05, 3.63) is 0 Å². The summed E-state index contributed by atoms with van der Waals surface area (Å²) in [5.41, 5.74) is -0.416. The molecule has 0 heterocycles. The zero-order valence-corrected chi connectivity index (χ0v) is 10.7. The smallest absolute Gasteiger partial charge is 0.104 e. The third-order valence-corrected chi connectivity index (χ3v) is 3.47. The summed E-state index contributed by atoms with van der Waals surface area (Å²) >= 11 is 1.82. The van der Waals surface area contributed by atoms with Crippen molar-refractivity contribution in [1.29, 1.82) is 5.26 Å². The molecule has 3 nitrogen and oxygen atoms in total. The van der Waals surface area contributed by atoms with E-state index < -0.39 is 5.54 Å². The Hall–Kier alpha value is -0.240. The van der Waals surface area contributed by atoms with E-state index in [-0.39, 0.29) is 6.61 Å². The SMILES string of the molecule is CCNC(C)(C#N)CC(C)SCCCO. The van der Waals surface area contributed by atoms with Gasteiger partial charge in [0.05, 0.1) is 6.07 Å². The second-order valence-electron chi connectivity index (χ2n) is 3.94. The summed E-state index contributed by atoms with van der Waals surface area (Å²) in [7, 11) is 0. The van der Waals surface area contributed by atoms with Crippen LogP contribution in [0.25, 0.3) is 0 Å². The third-order valence-electron chi connectivity index (χ3n) is 2.21. The van der Waals surface area contributed by atoms with Crippen LogP contribution in [-0.2, 0) is 0 Å². The van der Waals surface area contributed by atoms with Gasteiger partial charge in [0.25, 0.3) is 0 Å². The standard InChI is InChI=1S/C11H22N2OS/c1-4-13-11(3,9-12)8-10(2)15-7-5-6-14/h10,13-14H,4-8H2,1-3H3. The minimum atomic E-state index is -0.416. The van der Waals surface area contributed by atoms with Gasteiger partial charge in [0, 0.05) is 11.9 Å². The summed E-state index contributed by atoms with van der Waals surface area (Å²) < 4.78 is 0. The quantitative estimate of drug-likeness (QED) is 0.624. The van der Waals surface area contributed by atoms with Crippen molar-refractivity contribution in [2.24, 2.45) is 0 Å². The maximum Gasteiger partial charge on any atom is 0.104 e. The minimum Gasteiger partial charge on any atom is -0.396 e. The maximum absolute atomic E-state index is 9.08. The van der Waals surface area contributed by atoms with Crippen LogP contribution in [0.2, 0.25) is 0 Å². The molecule has 0 spiro atoms. The molecule has 0 rings (SSSR count). The first kappa shape index (κ1) is 14.8. The summed E-state index contributed by atoms with van der Waals surface area (Å²) in [5.74, 6) is 0.964. The molecule has 0 aromatic heterocycles. The van der Waals surface area contributed by atoms with Crippen LogP contribution in [0.5, 0.6) is 0 Å². The molecule has 0 aliphatic heterocycles. The lowest BCUT2D eigenvalue weighted by atomic mass is 9.98. The topological polar surface area (TPSA) is 56.0 Å². The average molecular weight is 230 g/mol. The predicted octanol–water partition coefficient (Wildman–Crippen LogP) is 1.77. The lowest BCUT2D eigenvalue weighted by Crippen LogP contribution is -2.42. The molecule has 0 aromatic rings. The number of nitriles is 1. The Labute approximate surface area is 97.2 Å². The van der Waals surface area contributed by atoms with E-state index in [0.29, 0.717) is 5.25 Å². The highest BCUT2D eigenvalue weighted by atomic mass is 32.2. The molecule has 0 bridgehead atoms. The number of aliphatic hydroxyl groups is 1. The molecule has 0 amide bonds. The molecule has 0 aromatic carbocycles. The van der Waals surface area contributed by atoms with Crippen LogP contribution in [0, 0.1) is 11.3 Å². The average Bonchev–Trinajstić information content (AvgIpc) is 2.18. The lowest BCUT2D eigenvalue weighted by molar-refractivity contribution is 0.296. The molecule has 0 aliphatic rings. The molecule has 0 fully saturated rings. The predicted molar refractivity (Wildman–Crippen MR) is 65.9 cm³/mol. The lowest BCUT2D eigenvalue weighted by Gasteiger charge is -2.25. The minimum absolute atomic E-state index is 0.252. The fraction of sp³-hybridized carbons (Fsp3) is 0.909. The van der Waals surface area contributed by atoms with E-state index in [1.54, 1.807) is 0 Å². The first-order valence-corrected chi connectivity index (χ1v) is 6.51. The molecule has 0 aliphatic carbocycles. The normalized spacial score (nSPS) is 16.7. The largest absolute Gasteiger partial charge is 0.396 e. The van der Waals surface area contributed by atoms with Crippen molar-refractivity contribution in [2.45, 2.75) is 44.4 Å². The van der Waals surface area contributed by atoms with Gasteiger partial charge in [-0.3, -0.25) is 5.32 Å². The molecule has 2 atom stereocenters.